The third kappa shape index (κ3) is 4.13. The molecule has 0 bridgehead atoms. The van der Waals surface area contributed by atoms with Crippen LogP contribution in [0.5, 0.6) is 5.75 Å². The summed E-state index contributed by atoms with van der Waals surface area (Å²) in [5, 5.41) is 2.77. The van der Waals surface area contributed by atoms with E-state index < -0.39 is 12.1 Å². The lowest BCUT2D eigenvalue weighted by atomic mass is 10.1. The molecule has 1 N–H and O–H groups in total. The standard InChI is InChI=1S/C19H21NO4/c1-12-6-5-7-13(2)17(12)24-14(3)18(21)20-16-10-8-15(9-11-16)19(22)23-4/h5-11,14H,1-4H3,(H,20,21). The van der Waals surface area contributed by atoms with Gasteiger partial charge in [0.1, 0.15) is 5.75 Å². The number of methoxy groups -OCH3 is 1. The molecule has 1 unspecified atom stereocenters. The van der Waals surface area contributed by atoms with Crippen molar-refractivity contribution in [3.05, 3.63) is 59.2 Å². The number of nitrogens with one attached hydrogen (secondary N) is 1. The van der Waals surface area contributed by atoms with Gasteiger partial charge in [0, 0.05) is 5.69 Å². The van der Waals surface area contributed by atoms with Crippen molar-refractivity contribution in [2.45, 2.75) is 26.9 Å². The van der Waals surface area contributed by atoms with Crippen molar-refractivity contribution in [2.24, 2.45) is 0 Å². The molecule has 0 heterocycles. The minimum atomic E-state index is -0.648. The number of hydrogen-bond acceptors (Lipinski definition) is 4. The molecule has 0 spiro atoms. The van der Waals surface area contributed by atoms with Gasteiger partial charge in [-0.25, -0.2) is 4.79 Å². The average Bonchev–Trinajstić information content (AvgIpc) is 2.58. The van der Waals surface area contributed by atoms with E-state index in [0.717, 1.165) is 16.9 Å². The van der Waals surface area contributed by atoms with Crippen molar-refractivity contribution in [3.63, 3.8) is 0 Å². The second-order valence-electron chi connectivity index (χ2n) is 5.54. The minimum Gasteiger partial charge on any atom is -0.480 e. The number of para-hydroxylation sites is 1. The van der Waals surface area contributed by atoms with E-state index in [1.807, 2.05) is 32.0 Å². The van der Waals surface area contributed by atoms with Crippen LogP contribution in [0, 0.1) is 13.8 Å². The van der Waals surface area contributed by atoms with Gasteiger partial charge in [0.15, 0.2) is 6.10 Å². The second-order valence-corrected chi connectivity index (χ2v) is 5.54. The molecular formula is C19H21NO4. The van der Waals surface area contributed by atoms with Gasteiger partial charge < -0.3 is 14.8 Å². The normalized spacial score (nSPS) is 11.5. The van der Waals surface area contributed by atoms with Crippen molar-refractivity contribution >= 4 is 17.6 Å². The second kappa shape index (κ2) is 7.64. The zero-order valence-corrected chi connectivity index (χ0v) is 14.3. The Labute approximate surface area is 141 Å². The Hall–Kier alpha value is -2.82. The first-order chi connectivity index (χ1) is 11.4. The molecule has 5 nitrogen and oxygen atoms in total. The number of hydrogen-bond donors (Lipinski definition) is 1. The van der Waals surface area contributed by atoms with Gasteiger partial charge in [-0.1, -0.05) is 18.2 Å². The van der Waals surface area contributed by atoms with Gasteiger partial charge in [0.2, 0.25) is 0 Å². The number of anilines is 1. The van der Waals surface area contributed by atoms with Gasteiger partial charge >= 0.3 is 5.97 Å². The van der Waals surface area contributed by atoms with Crippen LogP contribution in [0.15, 0.2) is 42.5 Å². The summed E-state index contributed by atoms with van der Waals surface area (Å²) in [5.74, 6) is 0.0456. The van der Waals surface area contributed by atoms with E-state index in [9.17, 15) is 9.59 Å². The first-order valence-electron chi connectivity index (χ1n) is 7.64. The lowest BCUT2D eigenvalue weighted by Crippen LogP contribution is -2.30. The van der Waals surface area contributed by atoms with Crippen LogP contribution in [-0.4, -0.2) is 25.1 Å². The van der Waals surface area contributed by atoms with Crippen LogP contribution >= 0.6 is 0 Å². The zero-order chi connectivity index (χ0) is 17.7. The summed E-state index contributed by atoms with van der Waals surface area (Å²) >= 11 is 0. The summed E-state index contributed by atoms with van der Waals surface area (Å²) in [6.45, 7) is 5.58. The molecule has 0 radical (unpaired) electrons. The molecule has 2 rings (SSSR count). The fourth-order valence-electron chi connectivity index (χ4n) is 2.27. The number of rotatable bonds is 5. The van der Waals surface area contributed by atoms with Crippen LogP contribution < -0.4 is 10.1 Å². The maximum absolute atomic E-state index is 12.3. The average molecular weight is 327 g/mol. The fraction of sp³-hybridized carbons (Fsp3) is 0.263. The first kappa shape index (κ1) is 17.5. The van der Waals surface area contributed by atoms with Crippen molar-refractivity contribution in [1.82, 2.24) is 0 Å². The molecule has 0 aromatic heterocycles. The molecule has 0 saturated carbocycles. The van der Waals surface area contributed by atoms with Gasteiger partial charge in [-0.05, 0) is 56.2 Å². The van der Waals surface area contributed by atoms with E-state index in [-0.39, 0.29) is 5.91 Å². The Kier molecular flexibility index (Phi) is 5.58. The van der Waals surface area contributed by atoms with Gasteiger partial charge in [-0.15, -0.1) is 0 Å². The predicted octanol–water partition coefficient (Wildman–Crippen LogP) is 3.50. The highest BCUT2D eigenvalue weighted by Gasteiger charge is 2.17. The third-order valence-corrected chi connectivity index (χ3v) is 3.65. The number of carbonyl (C=O) groups is 2. The van der Waals surface area contributed by atoms with Crippen molar-refractivity contribution < 1.29 is 19.1 Å². The molecule has 0 aliphatic heterocycles. The van der Waals surface area contributed by atoms with Crippen LogP contribution in [0.4, 0.5) is 5.69 Å². The molecule has 0 fully saturated rings. The minimum absolute atomic E-state index is 0.261. The largest absolute Gasteiger partial charge is 0.480 e. The maximum Gasteiger partial charge on any atom is 0.337 e. The van der Waals surface area contributed by atoms with Crippen molar-refractivity contribution in [2.75, 3.05) is 12.4 Å². The van der Waals surface area contributed by atoms with Gasteiger partial charge in [0.05, 0.1) is 12.7 Å². The molecule has 24 heavy (non-hydrogen) atoms. The Balaban J connectivity index is 2.02. The Morgan fingerprint density at radius 3 is 2.12 bits per heavy atom. The Morgan fingerprint density at radius 1 is 1.00 bits per heavy atom. The monoisotopic (exact) mass is 327 g/mol. The lowest BCUT2D eigenvalue weighted by Gasteiger charge is -2.18. The van der Waals surface area contributed by atoms with E-state index in [1.165, 1.54) is 7.11 Å². The van der Waals surface area contributed by atoms with Crippen LogP contribution in [0.25, 0.3) is 0 Å². The first-order valence-corrected chi connectivity index (χ1v) is 7.64. The van der Waals surface area contributed by atoms with Crippen LogP contribution in [0.3, 0.4) is 0 Å². The van der Waals surface area contributed by atoms with Gasteiger partial charge in [-0.3, -0.25) is 4.79 Å². The summed E-state index contributed by atoms with van der Waals surface area (Å²) in [7, 11) is 1.32. The van der Waals surface area contributed by atoms with E-state index >= 15 is 0 Å². The Bertz CT molecular complexity index is 717. The topological polar surface area (TPSA) is 64.6 Å². The third-order valence-electron chi connectivity index (χ3n) is 3.65. The molecule has 126 valence electrons. The predicted molar refractivity (Wildman–Crippen MR) is 92.4 cm³/mol. The number of esters is 1. The molecule has 2 aromatic rings. The van der Waals surface area contributed by atoms with Crippen LogP contribution in [0.2, 0.25) is 0 Å². The molecule has 1 atom stereocenters. The number of aryl methyl sites for hydroxylation is 2. The zero-order valence-electron chi connectivity index (χ0n) is 14.3. The highest BCUT2D eigenvalue weighted by molar-refractivity contribution is 5.95. The summed E-state index contributed by atoms with van der Waals surface area (Å²) in [5.41, 5.74) is 2.98. The number of ether oxygens (including phenoxy) is 2. The highest BCUT2D eigenvalue weighted by atomic mass is 16.5. The number of carbonyl (C=O) groups excluding carboxylic acids is 2. The SMILES string of the molecule is COC(=O)c1ccc(NC(=O)C(C)Oc2c(C)cccc2C)cc1. The lowest BCUT2D eigenvalue weighted by molar-refractivity contribution is -0.122. The van der Waals surface area contributed by atoms with Crippen molar-refractivity contribution in [1.29, 1.82) is 0 Å². The smallest absolute Gasteiger partial charge is 0.337 e. The molecule has 0 saturated heterocycles. The maximum atomic E-state index is 12.3. The van der Waals surface area contributed by atoms with Crippen LogP contribution in [0.1, 0.15) is 28.4 Å². The summed E-state index contributed by atoms with van der Waals surface area (Å²) < 4.78 is 10.4. The molecule has 0 aliphatic rings. The molecule has 1 amide bonds. The van der Waals surface area contributed by atoms with Gasteiger partial charge in [-0.2, -0.15) is 0 Å². The Morgan fingerprint density at radius 2 is 1.58 bits per heavy atom. The molecule has 2 aromatic carbocycles. The van der Waals surface area contributed by atoms with E-state index in [4.69, 9.17) is 4.74 Å². The van der Waals surface area contributed by atoms with E-state index in [0.29, 0.717) is 11.3 Å². The summed E-state index contributed by atoms with van der Waals surface area (Å²) in [6.07, 6.45) is -0.648. The molecular weight excluding hydrogens is 306 g/mol. The summed E-state index contributed by atoms with van der Waals surface area (Å²) in [6, 6.07) is 12.3. The number of benzene rings is 2. The van der Waals surface area contributed by atoms with Crippen molar-refractivity contribution in [3.8, 4) is 5.75 Å². The van der Waals surface area contributed by atoms with Gasteiger partial charge in [0.25, 0.3) is 5.91 Å². The van der Waals surface area contributed by atoms with Crippen LogP contribution in [-0.2, 0) is 9.53 Å². The molecule has 0 aliphatic carbocycles. The number of amides is 1. The highest BCUT2D eigenvalue weighted by Crippen LogP contribution is 2.23. The quantitative estimate of drug-likeness (QED) is 0.854. The fourth-order valence-corrected chi connectivity index (χ4v) is 2.27. The van der Waals surface area contributed by atoms with E-state index in [1.54, 1.807) is 31.2 Å². The molecule has 5 heteroatoms. The summed E-state index contributed by atoms with van der Waals surface area (Å²) in [4.78, 5) is 23.7. The van der Waals surface area contributed by atoms with E-state index in [2.05, 4.69) is 10.1 Å².